The lowest BCUT2D eigenvalue weighted by Crippen LogP contribution is -2.45. The first-order chi connectivity index (χ1) is 10.8. The van der Waals surface area contributed by atoms with Crippen LogP contribution < -0.4 is 10.1 Å². The Balaban J connectivity index is 1.95. The molecule has 3 rings (SSSR count). The second kappa shape index (κ2) is 7.16. The van der Waals surface area contributed by atoms with Gasteiger partial charge in [0.25, 0.3) is 0 Å². The predicted octanol–water partition coefficient (Wildman–Crippen LogP) is 3.31. The van der Waals surface area contributed by atoms with E-state index in [0.717, 1.165) is 31.9 Å². The highest BCUT2D eigenvalue weighted by Gasteiger charge is 2.24. The number of nitrogens with one attached hydrogen (secondary N) is 2. The molecule has 4 heteroatoms. The summed E-state index contributed by atoms with van der Waals surface area (Å²) >= 11 is 0. The molecule has 1 aliphatic heterocycles. The number of H-pyrrole nitrogens is 1. The topological polar surface area (TPSA) is 40.3 Å². The molecule has 2 heterocycles. The molecule has 2 N–H and O–H groups in total. The van der Waals surface area contributed by atoms with Crippen LogP contribution in [-0.4, -0.2) is 43.2 Å². The van der Waals surface area contributed by atoms with Crippen LogP contribution in [0.4, 0.5) is 0 Å². The number of rotatable bonds is 6. The number of nitrogens with zero attached hydrogens (tertiary/aromatic N) is 1. The van der Waals surface area contributed by atoms with E-state index in [4.69, 9.17) is 4.74 Å². The zero-order chi connectivity index (χ0) is 15.4. The lowest BCUT2D eigenvalue weighted by molar-refractivity contribution is 0.164. The first-order valence-corrected chi connectivity index (χ1v) is 8.43. The Morgan fingerprint density at radius 2 is 2.09 bits per heavy atom. The molecule has 1 atom stereocenters. The molecule has 0 unspecified atom stereocenters. The molecular weight excluding hydrogens is 274 g/mol. The summed E-state index contributed by atoms with van der Waals surface area (Å²) < 4.78 is 5.42. The van der Waals surface area contributed by atoms with Crippen LogP contribution in [0.3, 0.4) is 0 Å². The summed E-state index contributed by atoms with van der Waals surface area (Å²) in [5.74, 6) is 0.933. The number of piperazine rings is 1. The van der Waals surface area contributed by atoms with Crippen LogP contribution in [0.25, 0.3) is 10.9 Å². The van der Waals surface area contributed by atoms with E-state index in [-0.39, 0.29) is 0 Å². The van der Waals surface area contributed by atoms with Gasteiger partial charge in [-0.1, -0.05) is 19.8 Å². The third-order valence-corrected chi connectivity index (χ3v) is 4.70. The maximum absolute atomic E-state index is 5.42. The Bertz CT molecular complexity index is 601. The summed E-state index contributed by atoms with van der Waals surface area (Å²) in [4.78, 5) is 6.07. The summed E-state index contributed by atoms with van der Waals surface area (Å²) in [6, 6.07) is 6.81. The van der Waals surface area contributed by atoms with Gasteiger partial charge in [0.15, 0.2) is 0 Å². The van der Waals surface area contributed by atoms with Crippen LogP contribution in [0.15, 0.2) is 24.4 Å². The largest absolute Gasteiger partial charge is 0.497 e. The van der Waals surface area contributed by atoms with Crippen molar-refractivity contribution in [2.45, 2.75) is 32.2 Å². The summed E-state index contributed by atoms with van der Waals surface area (Å²) in [7, 11) is 1.73. The average Bonchev–Trinajstić information content (AvgIpc) is 2.99. The molecule has 1 aliphatic rings. The Hall–Kier alpha value is -1.52. The standard InChI is InChI=1S/C18H27N3O/c1-3-4-5-18(21-10-8-19-9-11-21)16-13-20-17-7-6-14(22-2)12-15(16)17/h6-7,12-13,18-20H,3-5,8-11H2,1-2H3/t18-/m0/s1. The second-order valence-electron chi connectivity index (χ2n) is 6.10. The van der Waals surface area contributed by atoms with Gasteiger partial charge in [-0.15, -0.1) is 0 Å². The summed E-state index contributed by atoms with van der Waals surface area (Å²) in [6.07, 6.45) is 5.94. The number of unbranched alkanes of at least 4 members (excludes halogenated alkanes) is 1. The van der Waals surface area contributed by atoms with Crippen LogP contribution >= 0.6 is 0 Å². The first kappa shape index (κ1) is 15.4. The van der Waals surface area contributed by atoms with E-state index in [1.54, 1.807) is 7.11 Å². The lowest BCUT2D eigenvalue weighted by atomic mass is 9.98. The van der Waals surface area contributed by atoms with Gasteiger partial charge in [0.1, 0.15) is 5.75 Å². The number of ether oxygens (including phenoxy) is 1. The molecular formula is C18H27N3O. The molecule has 0 radical (unpaired) electrons. The smallest absolute Gasteiger partial charge is 0.119 e. The third-order valence-electron chi connectivity index (χ3n) is 4.70. The van der Waals surface area contributed by atoms with Crippen molar-refractivity contribution in [3.63, 3.8) is 0 Å². The van der Waals surface area contributed by atoms with Crippen LogP contribution in [0.2, 0.25) is 0 Å². The average molecular weight is 301 g/mol. The van der Waals surface area contributed by atoms with Crippen LogP contribution in [-0.2, 0) is 0 Å². The minimum Gasteiger partial charge on any atom is -0.497 e. The first-order valence-electron chi connectivity index (χ1n) is 8.43. The maximum Gasteiger partial charge on any atom is 0.119 e. The zero-order valence-electron chi connectivity index (χ0n) is 13.7. The summed E-state index contributed by atoms with van der Waals surface area (Å²) in [5.41, 5.74) is 2.62. The number of hydrogen-bond acceptors (Lipinski definition) is 3. The van der Waals surface area contributed by atoms with Crippen molar-refractivity contribution in [3.05, 3.63) is 30.0 Å². The van der Waals surface area contributed by atoms with Crippen LogP contribution in [0.5, 0.6) is 5.75 Å². The van der Waals surface area contributed by atoms with Gasteiger partial charge in [0, 0.05) is 49.3 Å². The summed E-state index contributed by atoms with van der Waals surface area (Å²) in [5, 5.41) is 4.76. The lowest BCUT2D eigenvalue weighted by Gasteiger charge is -2.35. The Morgan fingerprint density at radius 1 is 1.27 bits per heavy atom. The van der Waals surface area contributed by atoms with Crippen molar-refractivity contribution in [1.29, 1.82) is 0 Å². The van der Waals surface area contributed by atoms with Gasteiger partial charge in [-0.2, -0.15) is 0 Å². The summed E-state index contributed by atoms with van der Waals surface area (Å²) in [6.45, 7) is 6.71. The van der Waals surface area contributed by atoms with Crippen molar-refractivity contribution < 1.29 is 4.74 Å². The number of aromatic amines is 1. The fourth-order valence-electron chi connectivity index (χ4n) is 3.45. The van der Waals surface area contributed by atoms with Crippen LogP contribution in [0.1, 0.15) is 37.8 Å². The highest BCUT2D eigenvalue weighted by atomic mass is 16.5. The number of aromatic nitrogens is 1. The van der Waals surface area contributed by atoms with Gasteiger partial charge in [0.2, 0.25) is 0 Å². The van der Waals surface area contributed by atoms with Gasteiger partial charge in [-0.3, -0.25) is 4.90 Å². The highest BCUT2D eigenvalue weighted by Crippen LogP contribution is 2.34. The molecule has 1 aromatic heterocycles. The van der Waals surface area contributed by atoms with Crippen molar-refractivity contribution >= 4 is 10.9 Å². The SMILES string of the molecule is CCCC[C@@H](c1c[nH]c2ccc(OC)cc12)N1CCNCC1. The van der Waals surface area contributed by atoms with Crippen molar-refractivity contribution in [3.8, 4) is 5.75 Å². The molecule has 22 heavy (non-hydrogen) atoms. The van der Waals surface area contributed by atoms with Gasteiger partial charge >= 0.3 is 0 Å². The van der Waals surface area contributed by atoms with E-state index in [0.29, 0.717) is 6.04 Å². The Kier molecular flexibility index (Phi) is 5.01. The highest BCUT2D eigenvalue weighted by molar-refractivity contribution is 5.85. The normalized spacial score (nSPS) is 17.7. The Morgan fingerprint density at radius 3 is 2.82 bits per heavy atom. The number of fused-ring (bicyclic) bond motifs is 1. The predicted molar refractivity (Wildman–Crippen MR) is 91.6 cm³/mol. The fraction of sp³-hybridized carbons (Fsp3) is 0.556. The molecule has 0 amide bonds. The second-order valence-corrected chi connectivity index (χ2v) is 6.10. The molecule has 0 bridgehead atoms. The van der Waals surface area contributed by atoms with Gasteiger partial charge < -0.3 is 15.0 Å². The molecule has 0 saturated carbocycles. The Labute approximate surface area is 132 Å². The fourth-order valence-corrected chi connectivity index (χ4v) is 3.45. The van der Waals surface area contributed by atoms with E-state index in [2.05, 4.69) is 40.5 Å². The van der Waals surface area contributed by atoms with Crippen molar-refractivity contribution in [2.75, 3.05) is 33.3 Å². The molecule has 2 aromatic rings. The van der Waals surface area contributed by atoms with Gasteiger partial charge in [0.05, 0.1) is 7.11 Å². The van der Waals surface area contributed by atoms with E-state index in [9.17, 15) is 0 Å². The van der Waals surface area contributed by atoms with Crippen molar-refractivity contribution in [1.82, 2.24) is 15.2 Å². The molecule has 4 nitrogen and oxygen atoms in total. The molecule has 1 fully saturated rings. The number of methoxy groups -OCH3 is 1. The minimum absolute atomic E-state index is 0.503. The number of hydrogen-bond donors (Lipinski definition) is 2. The molecule has 0 spiro atoms. The number of benzene rings is 1. The van der Waals surface area contributed by atoms with Crippen molar-refractivity contribution in [2.24, 2.45) is 0 Å². The molecule has 1 aromatic carbocycles. The van der Waals surface area contributed by atoms with E-state index in [1.807, 2.05) is 6.07 Å². The van der Waals surface area contributed by atoms with Gasteiger partial charge in [-0.25, -0.2) is 0 Å². The van der Waals surface area contributed by atoms with Crippen LogP contribution in [0, 0.1) is 0 Å². The molecule has 1 saturated heterocycles. The minimum atomic E-state index is 0.503. The third kappa shape index (κ3) is 3.13. The zero-order valence-corrected chi connectivity index (χ0v) is 13.7. The monoisotopic (exact) mass is 301 g/mol. The van der Waals surface area contributed by atoms with E-state index >= 15 is 0 Å². The van der Waals surface area contributed by atoms with E-state index < -0.39 is 0 Å². The van der Waals surface area contributed by atoms with Gasteiger partial charge in [-0.05, 0) is 30.2 Å². The molecule has 120 valence electrons. The molecule has 0 aliphatic carbocycles. The quantitative estimate of drug-likeness (QED) is 0.860. The maximum atomic E-state index is 5.42. The van der Waals surface area contributed by atoms with E-state index in [1.165, 1.54) is 35.7 Å².